The van der Waals surface area contributed by atoms with E-state index in [0.717, 1.165) is 23.9 Å². The SMILES string of the molecule is O=C(CCN1C(=O)C(=Cc2ccccc2Cl)SC1=S)Nc1ncc(Cc2cccc(C(F)(F)F)c2)s1. The molecule has 36 heavy (non-hydrogen) atoms. The summed E-state index contributed by atoms with van der Waals surface area (Å²) in [6.07, 6.45) is -0.975. The van der Waals surface area contributed by atoms with Crippen LogP contribution in [0.5, 0.6) is 0 Å². The van der Waals surface area contributed by atoms with E-state index in [1.807, 2.05) is 6.07 Å². The highest BCUT2D eigenvalue weighted by Crippen LogP contribution is 2.34. The third-order valence-electron chi connectivity index (χ3n) is 5.06. The Balaban J connectivity index is 1.32. The minimum atomic E-state index is -4.41. The number of aromatic nitrogens is 1. The monoisotopic (exact) mass is 567 g/mol. The molecule has 1 saturated heterocycles. The second-order valence-corrected chi connectivity index (χ2v) is 10.9. The molecule has 0 radical (unpaired) electrons. The van der Waals surface area contributed by atoms with Crippen LogP contribution in [0.1, 0.15) is 28.0 Å². The van der Waals surface area contributed by atoms with Crippen molar-refractivity contribution in [3.63, 3.8) is 0 Å². The van der Waals surface area contributed by atoms with Gasteiger partial charge in [0.05, 0.1) is 10.5 Å². The minimum Gasteiger partial charge on any atom is -0.302 e. The maximum Gasteiger partial charge on any atom is 0.416 e. The van der Waals surface area contributed by atoms with Crippen molar-refractivity contribution in [3.05, 3.63) is 86.2 Å². The molecule has 186 valence electrons. The Hall–Kier alpha value is -2.73. The highest BCUT2D eigenvalue weighted by Gasteiger charge is 2.32. The van der Waals surface area contributed by atoms with Gasteiger partial charge < -0.3 is 5.32 Å². The van der Waals surface area contributed by atoms with Crippen molar-refractivity contribution in [2.24, 2.45) is 0 Å². The first-order valence-electron chi connectivity index (χ1n) is 10.5. The van der Waals surface area contributed by atoms with Crippen LogP contribution < -0.4 is 5.32 Å². The minimum absolute atomic E-state index is 0.00560. The van der Waals surface area contributed by atoms with Crippen molar-refractivity contribution < 1.29 is 22.8 Å². The summed E-state index contributed by atoms with van der Waals surface area (Å²) < 4.78 is 39.1. The van der Waals surface area contributed by atoms with Gasteiger partial charge in [-0.05, 0) is 29.3 Å². The van der Waals surface area contributed by atoms with Crippen LogP contribution >= 0.6 is 46.9 Å². The number of carbonyl (C=O) groups is 2. The number of nitrogens with zero attached hydrogens (tertiary/aromatic N) is 2. The second-order valence-electron chi connectivity index (χ2n) is 7.66. The molecule has 4 rings (SSSR count). The molecule has 1 fully saturated rings. The van der Waals surface area contributed by atoms with Crippen molar-refractivity contribution in [1.82, 2.24) is 9.88 Å². The van der Waals surface area contributed by atoms with Crippen LogP contribution in [0.4, 0.5) is 18.3 Å². The van der Waals surface area contributed by atoms with Gasteiger partial charge in [-0.3, -0.25) is 14.5 Å². The number of anilines is 1. The number of rotatable bonds is 7. The second kappa shape index (κ2) is 11.1. The van der Waals surface area contributed by atoms with Gasteiger partial charge in [0.2, 0.25) is 5.91 Å². The van der Waals surface area contributed by atoms with E-state index < -0.39 is 11.7 Å². The summed E-state index contributed by atoms with van der Waals surface area (Å²) in [7, 11) is 0. The predicted octanol–water partition coefficient (Wildman–Crippen LogP) is 6.64. The number of thiocarbonyl (C=S) groups is 1. The zero-order chi connectivity index (χ0) is 25.9. The molecule has 5 nitrogen and oxygen atoms in total. The molecule has 1 aliphatic rings. The van der Waals surface area contributed by atoms with Gasteiger partial charge in [0, 0.05) is 35.5 Å². The molecule has 2 heterocycles. The standard InChI is InChI=1S/C24H17ClF3N3O2S3/c25-18-7-2-1-5-15(18)12-19-21(33)31(23(34)36-19)9-8-20(32)30-22-29-13-17(35-22)11-14-4-3-6-16(10-14)24(26,27)28/h1-7,10,12-13H,8-9,11H2,(H,29,30,32). The molecule has 1 aromatic heterocycles. The number of thioether (sulfide) groups is 1. The quantitative estimate of drug-likeness (QED) is 0.256. The normalized spacial score (nSPS) is 15.1. The number of benzene rings is 2. The van der Waals surface area contributed by atoms with E-state index in [4.69, 9.17) is 23.8 Å². The van der Waals surface area contributed by atoms with Gasteiger partial charge in [0.1, 0.15) is 4.32 Å². The first-order valence-corrected chi connectivity index (χ1v) is 12.9. The fourth-order valence-electron chi connectivity index (χ4n) is 3.33. The number of carbonyl (C=O) groups excluding carboxylic acids is 2. The molecule has 0 saturated carbocycles. The Bertz CT molecular complexity index is 1360. The molecule has 1 aliphatic heterocycles. The average Bonchev–Trinajstić information content (AvgIpc) is 3.36. The van der Waals surface area contributed by atoms with Gasteiger partial charge in [-0.15, -0.1) is 11.3 Å². The summed E-state index contributed by atoms with van der Waals surface area (Å²) in [6.45, 7) is 0.0961. The number of nitrogens with one attached hydrogen (secondary N) is 1. The summed E-state index contributed by atoms with van der Waals surface area (Å²) in [5, 5.41) is 3.50. The predicted molar refractivity (Wildman–Crippen MR) is 141 cm³/mol. The number of halogens is 4. The van der Waals surface area contributed by atoms with Crippen LogP contribution in [0.3, 0.4) is 0 Å². The number of amides is 2. The lowest BCUT2D eigenvalue weighted by Crippen LogP contribution is -2.31. The molecule has 1 N–H and O–H groups in total. The fraction of sp³-hybridized carbons (Fsp3) is 0.167. The maximum absolute atomic E-state index is 12.9. The number of hydrogen-bond donors (Lipinski definition) is 1. The summed E-state index contributed by atoms with van der Waals surface area (Å²) in [5.74, 6) is -0.658. The number of alkyl halides is 3. The van der Waals surface area contributed by atoms with Gasteiger partial charge >= 0.3 is 6.18 Å². The van der Waals surface area contributed by atoms with Gasteiger partial charge in [-0.1, -0.05) is 72.0 Å². The van der Waals surface area contributed by atoms with Crippen molar-refractivity contribution in [1.29, 1.82) is 0 Å². The van der Waals surface area contributed by atoms with Crippen LogP contribution in [0.25, 0.3) is 6.08 Å². The van der Waals surface area contributed by atoms with Crippen molar-refractivity contribution in [2.45, 2.75) is 19.0 Å². The van der Waals surface area contributed by atoms with E-state index in [9.17, 15) is 22.8 Å². The van der Waals surface area contributed by atoms with Crippen molar-refractivity contribution in [2.75, 3.05) is 11.9 Å². The zero-order valence-corrected chi connectivity index (χ0v) is 21.5. The van der Waals surface area contributed by atoms with Gasteiger partial charge in [0.25, 0.3) is 5.91 Å². The van der Waals surface area contributed by atoms with Gasteiger partial charge in [-0.25, -0.2) is 4.98 Å². The van der Waals surface area contributed by atoms with Crippen LogP contribution in [0.2, 0.25) is 5.02 Å². The maximum atomic E-state index is 12.9. The fourth-order valence-corrected chi connectivity index (χ4v) is 5.68. The summed E-state index contributed by atoms with van der Waals surface area (Å²) in [6, 6.07) is 12.2. The van der Waals surface area contributed by atoms with E-state index in [0.29, 0.717) is 35.4 Å². The lowest BCUT2D eigenvalue weighted by Gasteiger charge is -2.13. The van der Waals surface area contributed by atoms with E-state index in [1.165, 1.54) is 28.5 Å². The van der Waals surface area contributed by atoms with E-state index in [2.05, 4.69) is 10.3 Å². The number of thiazole rings is 1. The smallest absolute Gasteiger partial charge is 0.302 e. The van der Waals surface area contributed by atoms with Crippen molar-refractivity contribution >= 4 is 74.3 Å². The largest absolute Gasteiger partial charge is 0.416 e. The molecule has 2 amide bonds. The van der Waals surface area contributed by atoms with Gasteiger partial charge in [0.15, 0.2) is 5.13 Å². The Labute approximate surface area is 223 Å². The average molecular weight is 568 g/mol. The van der Waals surface area contributed by atoms with E-state index in [1.54, 1.807) is 30.3 Å². The summed E-state index contributed by atoms with van der Waals surface area (Å²) in [5.41, 5.74) is 0.475. The highest BCUT2D eigenvalue weighted by molar-refractivity contribution is 8.26. The topological polar surface area (TPSA) is 62.3 Å². The molecule has 2 aromatic carbocycles. The molecule has 0 atom stereocenters. The molecule has 0 bridgehead atoms. The molecule has 0 aliphatic carbocycles. The van der Waals surface area contributed by atoms with Gasteiger partial charge in [-0.2, -0.15) is 13.2 Å². The molecule has 3 aromatic rings. The first-order chi connectivity index (χ1) is 17.1. The van der Waals surface area contributed by atoms with Crippen molar-refractivity contribution in [3.8, 4) is 0 Å². The molecule has 12 heteroatoms. The molecule has 0 unspecified atom stereocenters. The van der Waals surface area contributed by atoms with Crippen LogP contribution in [-0.4, -0.2) is 32.6 Å². The Morgan fingerprint density at radius 1 is 1.19 bits per heavy atom. The summed E-state index contributed by atoms with van der Waals surface area (Å²) >= 11 is 13.8. The Morgan fingerprint density at radius 2 is 1.97 bits per heavy atom. The third-order valence-corrected chi connectivity index (χ3v) is 7.70. The molecular formula is C24H17ClF3N3O2S3. The van der Waals surface area contributed by atoms with E-state index in [-0.39, 0.29) is 31.2 Å². The third kappa shape index (κ3) is 6.52. The Kier molecular flexibility index (Phi) is 8.13. The first kappa shape index (κ1) is 26.3. The lowest BCUT2D eigenvalue weighted by atomic mass is 10.1. The zero-order valence-electron chi connectivity index (χ0n) is 18.3. The van der Waals surface area contributed by atoms with Crippen LogP contribution in [-0.2, 0) is 22.2 Å². The highest BCUT2D eigenvalue weighted by atomic mass is 35.5. The molecular weight excluding hydrogens is 551 g/mol. The summed E-state index contributed by atoms with van der Waals surface area (Å²) in [4.78, 5) is 31.8. The Morgan fingerprint density at radius 3 is 2.72 bits per heavy atom. The van der Waals surface area contributed by atoms with Crippen LogP contribution in [0.15, 0.2) is 59.6 Å². The number of hydrogen-bond acceptors (Lipinski definition) is 6. The van der Waals surface area contributed by atoms with Crippen LogP contribution in [0, 0.1) is 0 Å². The lowest BCUT2D eigenvalue weighted by molar-refractivity contribution is -0.137. The van der Waals surface area contributed by atoms with E-state index >= 15 is 0 Å². The molecule has 0 spiro atoms.